The summed E-state index contributed by atoms with van der Waals surface area (Å²) in [4.78, 5) is 22.4. The van der Waals surface area contributed by atoms with Crippen molar-refractivity contribution in [2.45, 2.75) is 32.4 Å². The number of nitrogens with one attached hydrogen (secondary N) is 1. The Morgan fingerprint density at radius 1 is 1.31 bits per heavy atom. The molecule has 0 bridgehead atoms. The molecule has 2 atom stereocenters. The summed E-state index contributed by atoms with van der Waals surface area (Å²) in [6.45, 7) is 5.97. The van der Waals surface area contributed by atoms with Gasteiger partial charge in [0.05, 0.1) is 11.2 Å². The van der Waals surface area contributed by atoms with Gasteiger partial charge < -0.3 is 10.4 Å². The molecule has 1 amide bonds. The minimum Gasteiger partial charge on any atom is -0.481 e. The normalized spacial score (nSPS) is 14.6. The minimum absolute atomic E-state index is 0.0949. The summed E-state index contributed by atoms with van der Waals surface area (Å²) in [7, 11) is 0. The largest absolute Gasteiger partial charge is 0.481 e. The highest BCUT2D eigenvalue weighted by Gasteiger charge is 2.20. The molecule has 0 aliphatic carbocycles. The molecule has 0 aliphatic rings. The summed E-state index contributed by atoms with van der Waals surface area (Å²) in [6, 6.07) is 0. The molecule has 4 nitrogen and oxygen atoms in total. The van der Waals surface area contributed by atoms with E-state index in [-0.39, 0.29) is 17.7 Å². The van der Waals surface area contributed by atoms with Crippen LogP contribution in [0.15, 0.2) is 0 Å². The van der Waals surface area contributed by atoms with Gasteiger partial charge in [0.2, 0.25) is 5.91 Å². The number of aliphatic carboxylic acids is 1. The molecule has 0 rings (SSSR count). The Kier molecular flexibility index (Phi) is 7.21. The van der Waals surface area contributed by atoms with Crippen LogP contribution in [0.4, 0.5) is 0 Å². The molecule has 0 aromatic carbocycles. The molecule has 0 aromatic rings. The van der Waals surface area contributed by atoms with E-state index in [9.17, 15) is 9.59 Å². The Morgan fingerprint density at radius 2 is 1.88 bits per heavy atom. The fourth-order valence-corrected chi connectivity index (χ4v) is 1.61. The lowest BCUT2D eigenvalue weighted by Crippen LogP contribution is -2.37. The average Bonchev–Trinajstić information content (AvgIpc) is 2.21. The zero-order chi connectivity index (χ0) is 12.7. The summed E-state index contributed by atoms with van der Waals surface area (Å²) in [5.41, 5.74) is 0. The molecular weight excluding hydrogens is 226 g/mol. The maximum Gasteiger partial charge on any atom is 0.308 e. The molecule has 0 radical (unpaired) electrons. The third-order valence-corrected chi connectivity index (χ3v) is 3.27. The molecule has 0 saturated heterocycles. The molecule has 0 fully saturated rings. The van der Waals surface area contributed by atoms with Crippen LogP contribution in [0.3, 0.4) is 0 Å². The zero-order valence-electron chi connectivity index (χ0n) is 10.3. The first kappa shape index (κ1) is 15.3. The first-order valence-electron chi connectivity index (χ1n) is 5.41. The lowest BCUT2D eigenvalue weighted by atomic mass is 9.97. The molecule has 0 saturated carbocycles. The number of hydrogen-bond donors (Lipinski definition) is 2. The minimum atomic E-state index is -0.842. The number of carbonyl (C=O) groups is 2. The highest BCUT2D eigenvalue weighted by Crippen LogP contribution is 2.12. The molecule has 0 spiro atoms. The van der Waals surface area contributed by atoms with E-state index >= 15 is 0 Å². The SMILES string of the molecule is CSC(C)C(=O)NCC(CC(C)C)C(=O)O. The van der Waals surface area contributed by atoms with Gasteiger partial charge in [-0.25, -0.2) is 0 Å². The van der Waals surface area contributed by atoms with Crippen LogP contribution < -0.4 is 5.32 Å². The van der Waals surface area contributed by atoms with Gasteiger partial charge in [-0.3, -0.25) is 9.59 Å². The number of hydrogen-bond acceptors (Lipinski definition) is 3. The van der Waals surface area contributed by atoms with Gasteiger partial charge >= 0.3 is 5.97 Å². The van der Waals surface area contributed by atoms with Crippen LogP contribution in [-0.2, 0) is 9.59 Å². The van der Waals surface area contributed by atoms with E-state index < -0.39 is 11.9 Å². The van der Waals surface area contributed by atoms with Gasteiger partial charge in [-0.1, -0.05) is 13.8 Å². The maximum atomic E-state index is 11.5. The molecule has 2 N–H and O–H groups in total. The van der Waals surface area contributed by atoms with Crippen LogP contribution in [0.1, 0.15) is 27.2 Å². The van der Waals surface area contributed by atoms with Gasteiger partial charge in [-0.15, -0.1) is 0 Å². The fourth-order valence-electron chi connectivity index (χ4n) is 1.32. The van der Waals surface area contributed by atoms with E-state index in [0.29, 0.717) is 12.3 Å². The average molecular weight is 247 g/mol. The van der Waals surface area contributed by atoms with Crippen LogP contribution in [0, 0.1) is 11.8 Å². The number of carboxylic acids is 1. The van der Waals surface area contributed by atoms with Crippen molar-refractivity contribution in [3.63, 3.8) is 0 Å². The summed E-state index contributed by atoms with van der Waals surface area (Å²) in [5.74, 6) is -1.11. The molecule has 16 heavy (non-hydrogen) atoms. The highest BCUT2D eigenvalue weighted by atomic mass is 32.2. The summed E-state index contributed by atoms with van der Waals surface area (Å²) in [5, 5.41) is 11.5. The van der Waals surface area contributed by atoms with Crippen molar-refractivity contribution in [2.75, 3.05) is 12.8 Å². The Balaban J connectivity index is 4.12. The van der Waals surface area contributed by atoms with Crippen molar-refractivity contribution in [2.24, 2.45) is 11.8 Å². The number of carboxylic acid groups (broad SMARTS) is 1. The van der Waals surface area contributed by atoms with Crippen molar-refractivity contribution in [1.29, 1.82) is 0 Å². The maximum absolute atomic E-state index is 11.5. The van der Waals surface area contributed by atoms with Crippen LogP contribution in [0.2, 0.25) is 0 Å². The number of thioether (sulfide) groups is 1. The van der Waals surface area contributed by atoms with Crippen molar-refractivity contribution in [1.82, 2.24) is 5.32 Å². The van der Waals surface area contributed by atoms with Crippen molar-refractivity contribution in [3.05, 3.63) is 0 Å². The molecule has 94 valence electrons. The second-order valence-electron chi connectivity index (χ2n) is 4.29. The second kappa shape index (κ2) is 7.54. The van der Waals surface area contributed by atoms with Crippen molar-refractivity contribution in [3.8, 4) is 0 Å². The van der Waals surface area contributed by atoms with Crippen LogP contribution in [0.25, 0.3) is 0 Å². The van der Waals surface area contributed by atoms with E-state index in [0.717, 1.165) is 0 Å². The summed E-state index contributed by atoms with van der Waals surface area (Å²) >= 11 is 1.45. The van der Waals surface area contributed by atoms with E-state index in [1.165, 1.54) is 11.8 Å². The summed E-state index contributed by atoms with van der Waals surface area (Å²) in [6.07, 6.45) is 2.44. The van der Waals surface area contributed by atoms with Gasteiger partial charge in [-0.05, 0) is 25.5 Å². The first-order valence-corrected chi connectivity index (χ1v) is 6.70. The van der Waals surface area contributed by atoms with Crippen LogP contribution in [-0.4, -0.2) is 35.0 Å². The van der Waals surface area contributed by atoms with E-state index in [2.05, 4.69) is 5.32 Å². The Bertz CT molecular complexity index is 243. The Hall–Kier alpha value is -0.710. The summed E-state index contributed by atoms with van der Waals surface area (Å²) < 4.78 is 0. The molecule has 5 heteroatoms. The Morgan fingerprint density at radius 3 is 2.25 bits per heavy atom. The van der Waals surface area contributed by atoms with Gasteiger partial charge in [0.1, 0.15) is 0 Å². The highest BCUT2D eigenvalue weighted by molar-refractivity contribution is 7.99. The third-order valence-electron chi connectivity index (χ3n) is 2.35. The van der Waals surface area contributed by atoms with Crippen molar-refractivity contribution >= 4 is 23.6 Å². The molecule has 0 aromatic heterocycles. The van der Waals surface area contributed by atoms with Gasteiger partial charge in [0, 0.05) is 6.54 Å². The van der Waals surface area contributed by atoms with Crippen LogP contribution in [0.5, 0.6) is 0 Å². The van der Waals surface area contributed by atoms with E-state index in [1.54, 1.807) is 6.92 Å². The monoisotopic (exact) mass is 247 g/mol. The molecule has 0 aliphatic heterocycles. The zero-order valence-corrected chi connectivity index (χ0v) is 11.1. The van der Waals surface area contributed by atoms with Crippen molar-refractivity contribution < 1.29 is 14.7 Å². The lowest BCUT2D eigenvalue weighted by molar-refractivity contribution is -0.142. The van der Waals surface area contributed by atoms with Crippen LogP contribution >= 0.6 is 11.8 Å². The second-order valence-corrected chi connectivity index (χ2v) is 5.47. The lowest BCUT2D eigenvalue weighted by Gasteiger charge is -2.16. The topological polar surface area (TPSA) is 66.4 Å². The smallest absolute Gasteiger partial charge is 0.308 e. The Labute approximate surface area is 101 Å². The first-order chi connectivity index (χ1) is 7.38. The third kappa shape index (κ3) is 6.00. The molecule has 2 unspecified atom stereocenters. The van der Waals surface area contributed by atoms with Gasteiger partial charge in [0.25, 0.3) is 0 Å². The fraction of sp³-hybridized carbons (Fsp3) is 0.818. The molecular formula is C11H21NO3S. The predicted molar refractivity (Wildman–Crippen MR) is 66.6 cm³/mol. The van der Waals surface area contributed by atoms with E-state index in [1.807, 2.05) is 20.1 Å². The standard InChI is InChI=1S/C11H21NO3S/c1-7(2)5-9(11(14)15)6-12-10(13)8(3)16-4/h7-9H,5-6H2,1-4H3,(H,12,13)(H,14,15). The number of carbonyl (C=O) groups excluding carboxylic acids is 1. The van der Waals surface area contributed by atoms with E-state index in [4.69, 9.17) is 5.11 Å². The molecule has 0 heterocycles. The number of rotatable bonds is 7. The quantitative estimate of drug-likeness (QED) is 0.717. The number of amides is 1. The van der Waals surface area contributed by atoms with Gasteiger partial charge in [-0.2, -0.15) is 11.8 Å². The van der Waals surface area contributed by atoms with Gasteiger partial charge in [0.15, 0.2) is 0 Å². The predicted octanol–water partition coefficient (Wildman–Crippen LogP) is 1.60.